The molecule has 2 rings (SSSR count). The molecule has 1 aliphatic carbocycles. The Morgan fingerprint density at radius 2 is 2.36 bits per heavy atom. The van der Waals surface area contributed by atoms with Gasteiger partial charge in [0.05, 0.1) is 0 Å². The normalized spacial score (nSPS) is 18.1. The molecule has 0 radical (unpaired) electrons. The van der Waals surface area contributed by atoms with Crippen LogP contribution in [0.2, 0.25) is 0 Å². The Balaban J connectivity index is 1.86. The highest BCUT2D eigenvalue weighted by Gasteiger charge is 2.25. The molecule has 0 aliphatic heterocycles. The third kappa shape index (κ3) is 2.47. The van der Waals surface area contributed by atoms with Gasteiger partial charge in [-0.25, -0.2) is 0 Å². The Kier molecular flexibility index (Phi) is 2.70. The minimum Gasteiger partial charge on any atom is -0.335 e. The lowest BCUT2D eigenvalue weighted by atomic mass is 10.1. The SMILES string of the molecule is CCC(CC1CC1)Nc1nc(C)no1. The van der Waals surface area contributed by atoms with Gasteiger partial charge in [-0.3, -0.25) is 0 Å². The summed E-state index contributed by atoms with van der Waals surface area (Å²) >= 11 is 0. The lowest BCUT2D eigenvalue weighted by Crippen LogP contribution is -2.19. The van der Waals surface area contributed by atoms with Gasteiger partial charge < -0.3 is 9.84 Å². The summed E-state index contributed by atoms with van der Waals surface area (Å²) < 4.78 is 5.03. The molecule has 78 valence electrons. The van der Waals surface area contributed by atoms with Crippen molar-refractivity contribution in [2.24, 2.45) is 5.92 Å². The third-order valence-corrected chi connectivity index (χ3v) is 2.66. The Bertz CT molecular complexity index is 293. The highest BCUT2D eigenvalue weighted by molar-refractivity contribution is 5.20. The van der Waals surface area contributed by atoms with E-state index >= 15 is 0 Å². The van der Waals surface area contributed by atoms with Crippen molar-refractivity contribution in [1.29, 1.82) is 0 Å². The second-order valence-electron chi connectivity index (χ2n) is 4.08. The predicted octanol–water partition coefficient (Wildman–Crippen LogP) is 2.37. The van der Waals surface area contributed by atoms with E-state index in [0.29, 0.717) is 17.9 Å². The molecule has 0 aromatic carbocycles. The quantitative estimate of drug-likeness (QED) is 0.783. The fraction of sp³-hybridized carbons (Fsp3) is 0.800. The van der Waals surface area contributed by atoms with E-state index in [9.17, 15) is 0 Å². The minimum atomic E-state index is 0.488. The van der Waals surface area contributed by atoms with Gasteiger partial charge in [0.1, 0.15) is 0 Å². The van der Waals surface area contributed by atoms with Gasteiger partial charge >= 0.3 is 6.01 Å². The monoisotopic (exact) mass is 195 g/mol. The Morgan fingerprint density at radius 3 is 2.86 bits per heavy atom. The molecule has 1 aromatic rings. The van der Waals surface area contributed by atoms with Crippen molar-refractivity contribution < 1.29 is 4.52 Å². The summed E-state index contributed by atoms with van der Waals surface area (Å²) in [7, 11) is 0. The van der Waals surface area contributed by atoms with E-state index < -0.39 is 0 Å². The number of hydrogen-bond acceptors (Lipinski definition) is 4. The molecular formula is C10H17N3O. The first-order chi connectivity index (χ1) is 6.78. The Labute approximate surface area is 84.1 Å². The van der Waals surface area contributed by atoms with Crippen LogP contribution in [0.25, 0.3) is 0 Å². The van der Waals surface area contributed by atoms with Gasteiger partial charge in [-0.15, -0.1) is 0 Å². The summed E-state index contributed by atoms with van der Waals surface area (Å²) in [6, 6.07) is 1.05. The van der Waals surface area contributed by atoms with Crippen LogP contribution in [-0.2, 0) is 0 Å². The number of nitrogens with zero attached hydrogens (tertiary/aromatic N) is 2. The zero-order valence-electron chi connectivity index (χ0n) is 8.79. The van der Waals surface area contributed by atoms with Crippen molar-refractivity contribution in [3.63, 3.8) is 0 Å². The van der Waals surface area contributed by atoms with Gasteiger partial charge in [0.25, 0.3) is 0 Å². The van der Waals surface area contributed by atoms with Crippen LogP contribution < -0.4 is 5.32 Å². The summed E-state index contributed by atoms with van der Waals surface area (Å²) in [4.78, 5) is 4.14. The van der Waals surface area contributed by atoms with Crippen LogP contribution in [0.15, 0.2) is 4.52 Å². The van der Waals surface area contributed by atoms with E-state index in [4.69, 9.17) is 4.52 Å². The lowest BCUT2D eigenvalue weighted by molar-refractivity contribution is 0.417. The molecule has 14 heavy (non-hydrogen) atoms. The first-order valence-corrected chi connectivity index (χ1v) is 5.34. The van der Waals surface area contributed by atoms with Crippen LogP contribution in [0.1, 0.15) is 38.4 Å². The molecule has 1 saturated carbocycles. The van der Waals surface area contributed by atoms with E-state index in [1.54, 1.807) is 0 Å². The molecule has 1 unspecified atom stereocenters. The summed E-state index contributed by atoms with van der Waals surface area (Å²) in [6.07, 6.45) is 5.12. The van der Waals surface area contributed by atoms with E-state index in [0.717, 1.165) is 12.3 Å². The highest BCUT2D eigenvalue weighted by Crippen LogP contribution is 2.34. The minimum absolute atomic E-state index is 0.488. The molecule has 1 aliphatic rings. The summed E-state index contributed by atoms with van der Waals surface area (Å²) in [5.41, 5.74) is 0. The zero-order chi connectivity index (χ0) is 9.97. The molecule has 4 heteroatoms. The van der Waals surface area contributed by atoms with Crippen LogP contribution >= 0.6 is 0 Å². The third-order valence-electron chi connectivity index (χ3n) is 2.66. The molecule has 4 nitrogen and oxygen atoms in total. The molecule has 0 amide bonds. The Hall–Kier alpha value is -1.06. The van der Waals surface area contributed by atoms with Gasteiger partial charge in [-0.05, 0) is 25.7 Å². The maximum Gasteiger partial charge on any atom is 0.321 e. The summed E-state index contributed by atoms with van der Waals surface area (Å²) in [5, 5.41) is 7.03. The smallest absolute Gasteiger partial charge is 0.321 e. The van der Waals surface area contributed by atoms with Crippen molar-refractivity contribution in [3.05, 3.63) is 5.82 Å². The lowest BCUT2D eigenvalue weighted by Gasteiger charge is -2.13. The van der Waals surface area contributed by atoms with Crippen LogP contribution in [0.3, 0.4) is 0 Å². The second kappa shape index (κ2) is 3.98. The fourth-order valence-corrected chi connectivity index (χ4v) is 1.61. The van der Waals surface area contributed by atoms with Crippen molar-refractivity contribution in [2.75, 3.05) is 5.32 Å². The van der Waals surface area contributed by atoms with E-state index in [1.165, 1.54) is 19.3 Å². The standard InChI is InChI=1S/C10H17N3O/c1-3-9(6-8-4-5-8)12-10-11-7(2)13-14-10/h8-9H,3-6H2,1-2H3,(H,11,12,13). The Morgan fingerprint density at radius 1 is 1.57 bits per heavy atom. The second-order valence-corrected chi connectivity index (χ2v) is 4.08. The van der Waals surface area contributed by atoms with E-state index in [2.05, 4.69) is 22.4 Å². The molecule has 0 spiro atoms. The zero-order valence-corrected chi connectivity index (χ0v) is 8.79. The number of rotatable bonds is 5. The molecule has 0 saturated heterocycles. The van der Waals surface area contributed by atoms with Crippen LogP contribution in [0.4, 0.5) is 6.01 Å². The topological polar surface area (TPSA) is 51.0 Å². The van der Waals surface area contributed by atoms with Gasteiger partial charge in [0, 0.05) is 6.04 Å². The molecule has 1 aromatic heterocycles. The first kappa shape index (κ1) is 9.49. The number of aryl methyl sites for hydroxylation is 1. The largest absolute Gasteiger partial charge is 0.335 e. The van der Waals surface area contributed by atoms with Gasteiger partial charge in [-0.1, -0.05) is 24.9 Å². The molecule has 1 heterocycles. The number of nitrogens with one attached hydrogen (secondary N) is 1. The molecule has 0 bridgehead atoms. The number of aromatic nitrogens is 2. The average molecular weight is 195 g/mol. The van der Waals surface area contributed by atoms with Crippen LogP contribution in [-0.4, -0.2) is 16.2 Å². The van der Waals surface area contributed by atoms with Crippen molar-refractivity contribution >= 4 is 6.01 Å². The number of anilines is 1. The highest BCUT2D eigenvalue weighted by atomic mass is 16.5. The van der Waals surface area contributed by atoms with Gasteiger partial charge in [-0.2, -0.15) is 4.98 Å². The fourth-order valence-electron chi connectivity index (χ4n) is 1.61. The van der Waals surface area contributed by atoms with Crippen molar-refractivity contribution in [1.82, 2.24) is 10.1 Å². The van der Waals surface area contributed by atoms with Crippen molar-refractivity contribution in [2.45, 2.75) is 45.6 Å². The maximum absolute atomic E-state index is 5.03. The molecule has 1 fully saturated rings. The predicted molar refractivity (Wildman–Crippen MR) is 54.1 cm³/mol. The maximum atomic E-state index is 5.03. The molecule has 1 atom stereocenters. The average Bonchev–Trinajstić information content (AvgIpc) is 2.89. The van der Waals surface area contributed by atoms with Crippen molar-refractivity contribution in [3.8, 4) is 0 Å². The van der Waals surface area contributed by atoms with Crippen LogP contribution in [0, 0.1) is 12.8 Å². The number of hydrogen-bond donors (Lipinski definition) is 1. The summed E-state index contributed by atoms with van der Waals surface area (Å²) in [5.74, 6) is 1.62. The molecule has 1 N–H and O–H groups in total. The van der Waals surface area contributed by atoms with E-state index in [1.807, 2.05) is 6.92 Å². The van der Waals surface area contributed by atoms with E-state index in [-0.39, 0.29) is 0 Å². The summed E-state index contributed by atoms with van der Waals surface area (Å²) in [6.45, 7) is 4.01. The van der Waals surface area contributed by atoms with Gasteiger partial charge in [0.15, 0.2) is 5.82 Å². The van der Waals surface area contributed by atoms with Crippen LogP contribution in [0.5, 0.6) is 0 Å². The first-order valence-electron chi connectivity index (χ1n) is 5.34. The van der Waals surface area contributed by atoms with Gasteiger partial charge in [0.2, 0.25) is 0 Å². The molecular weight excluding hydrogens is 178 g/mol.